The van der Waals surface area contributed by atoms with Gasteiger partial charge in [0.15, 0.2) is 0 Å². The Morgan fingerprint density at radius 1 is 1.23 bits per heavy atom. The molecule has 2 amide bonds. The summed E-state index contributed by atoms with van der Waals surface area (Å²) >= 11 is 0. The topological polar surface area (TPSA) is 71.0 Å². The molecule has 9 heteroatoms. The molecule has 0 aromatic heterocycles. The lowest BCUT2D eigenvalue weighted by atomic mass is 10.1. The number of alkyl halides is 3. The lowest BCUT2D eigenvalue weighted by molar-refractivity contribution is -0.174. The number of carbonyl (C=O) groups excluding carboxylic acids is 2. The molecule has 0 saturated heterocycles. The minimum Gasteiger partial charge on any atom is -0.372 e. The summed E-state index contributed by atoms with van der Waals surface area (Å²) in [6, 6.07) is 9.28. The molecular formula is C17H20F3N3O3. The number of benzene rings is 1. The van der Waals surface area contributed by atoms with Crippen LogP contribution in [0.3, 0.4) is 0 Å². The van der Waals surface area contributed by atoms with E-state index in [0.29, 0.717) is 0 Å². The minimum absolute atomic E-state index is 0.106. The first-order chi connectivity index (χ1) is 12.3. The van der Waals surface area contributed by atoms with E-state index in [0.717, 1.165) is 5.56 Å². The normalized spacial score (nSPS) is 15.0. The molecule has 0 unspecified atom stereocenters. The summed E-state index contributed by atoms with van der Waals surface area (Å²) in [5.41, 5.74) is 1.13. The number of hydrogen-bond acceptors (Lipinski definition) is 4. The van der Waals surface area contributed by atoms with Crippen molar-refractivity contribution in [1.29, 1.82) is 0 Å². The number of hydrogen-bond donors (Lipinski definition) is 1. The van der Waals surface area contributed by atoms with E-state index in [1.807, 2.05) is 30.3 Å². The zero-order valence-corrected chi connectivity index (χ0v) is 14.1. The molecule has 1 aromatic carbocycles. The van der Waals surface area contributed by atoms with Crippen LogP contribution < -0.4 is 5.32 Å². The van der Waals surface area contributed by atoms with E-state index in [1.165, 1.54) is 5.01 Å². The van der Waals surface area contributed by atoms with Gasteiger partial charge >= 0.3 is 6.18 Å². The van der Waals surface area contributed by atoms with Crippen LogP contribution in [-0.2, 0) is 20.9 Å². The van der Waals surface area contributed by atoms with Gasteiger partial charge in [0.2, 0.25) is 5.91 Å². The maximum atomic E-state index is 12.1. The van der Waals surface area contributed by atoms with E-state index in [4.69, 9.17) is 0 Å². The predicted molar refractivity (Wildman–Crippen MR) is 88.2 cm³/mol. The fourth-order valence-corrected chi connectivity index (χ4v) is 2.31. The predicted octanol–water partition coefficient (Wildman–Crippen LogP) is 2.25. The van der Waals surface area contributed by atoms with Crippen molar-refractivity contribution < 1.29 is 27.5 Å². The highest BCUT2D eigenvalue weighted by molar-refractivity contribution is 6.39. The van der Waals surface area contributed by atoms with Crippen LogP contribution in [0, 0.1) is 0 Å². The Kier molecular flexibility index (Phi) is 7.14. The third-order valence-corrected chi connectivity index (χ3v) is 3.56. The standard InChI is InChI=1S/C17H20F3N3O3/c18-17(19,20)12-26-10-4-9-21-16(25)14-7-8-15(24)23(22-14)11-13-5-2-1-3-6-13/h1-3,5-6H,4,7-12H2,(H,21,25). The zero-order chi connectivity index (χ0) is 19.0. The van der Waals surface area contributed by atoms with E-state index in [1.54, 1.807) is 0 Å². The first kappa shape index (κ1) is 19.9. The number of rotatable bonds is 8. The summed E-state index contributed by atoms with van der Waals surface area (Å²) < 4.78 is 40.2. The molecule has 0 atom stereocenters. The molecule has 142 valence electrons. The van der Waals surface area contributed by atoms with Gasteiger partial charge in [0.1, 0.15) is 12.3 Å². The van der Waals surface area contributed by atoms with Crippen molar-refractivity contribution >= 4 is 17.5 Å². The summed E-state index contributed by atoms with van der Waals surface area (Å²) in [7, 11) is 0. The quantitative estimate of drug-likeness (QED) is 0.713. The molecule has 1 aliphatic rings. The van der Waals surface area contributed by atoms with E-state index >= 15 is 0 Å². The number of amides is 2. The van der Waals surface area contributed by atoms with Crippen molar-refractivity contribution in [2.24, 2.45) is 5.10 Å². The Labute approximate surface area is 149 Å². The van der Waals surface area contributed by atoms with Crippen molar-refractivity contribution in [3.8, 4) is 0 Å². The van der Waals surface area contributed by atoms with Crippen LogP contribution in [0.25, 0.3) is 0 Å². The van der Waals surface area contributed by atoms with Gasteiger partial charge in [0.05, 0.1) is 6.54 Å². The molecule has 0 aliphatic carbocycles. The average molecular weight is 371 g/mol. The summed E-state index contributed by atoms with van der Waals surface area (Å²) in [5, 5.41) is 7.96. The molecule has 0 fully saturated rings. The first-order valence-electron chi connectivity index (χ1n) is 8.19. The molecule has 1 N–H and O–H groups in total. The summed E-state index contributed by atoms with van der Waals surface area (Å²) in [5.74, 6) is -0.586. The molecule has 26 heavy (non-hydrogen) atoms. The van der Waals surface area contributed by atoms with Crippen molar-refractivity contribution in [3.05, 3.63) is 35.9 Å². The molecule has 0 spiro atoms. The number of hydrazone groups is 1. The van der Waals surface area contributed by atoms with Crippen LogP contribution in [-0.4, -0.2) is 48.5 Å². The van der Waals surface area contributed by atoms with Crippen molar-refractivity contribution in [1.82, 2.24) is 10.3 Å². The van der Waals surface area contributed by atoms with Crippen LogP contribution >= 0.6 is 0 Å². The largest absolute Gasteiger partial charge is 0.411 e. The molecule has 0 bridgehead atoms. The summed E-state index contributed by atoms with van der Waals surface area (Å²) in [6.07, 6.45) is -3.68. The van der Waals surface area contributed by atoms with Crippen LogP contribution in [0.1, 0.15) is 24.8 Å². The molecule has 1 heterocycles. The van der Waals surface area contributed by atoms with Gasteiger partial charge in [-0.15, -0.1) is 0 Å². The lowest BCUT2D eigenvalue weighted by Crippen LogP contribution is -2.39. The van der Waals surface area contributed by atoms with Crippen molar-refractivity contribution in [3.63, 3.8) is 0 Å². The number of ether oxygens (including phenoxy) is 1. The first-order valence-corrected chi connectivity index (χ1v) is 8.19. The Balaban J connectivity index is 1.78. The van der Waals surface area contributed by atoms with Gasteiger partial charge in [-0.2, -0.15) is 18.3 Å². The second-order valence-corrected chi connectivity index (χ2v) is 5.76. The second-order valence-electron chi connectivity index (χ2n) is 5.76. The Morgan fingerprint density at radius 2 is 1.96 bits per heavy atom. The zero-order valence-electron chi connectivity index (χ0n) is 14.1. The van der Waals surface area contributed by atoms with Gasteiger partial charge in [-0.05, 0) is 12.0 Å². The van der Waals surface area contributed by atoms with Crippen LogP contribution in [0.4, 0.5) is 13.2 Å². The molecule has 0 saturated carbocycles. The van der Waals surface area contributed by atoms with Crippen molar-refractivity contribution in [2.45, 2.75) is 32.0 Å². The second kappa shape index (κ2) is 9.33. The maximum absolute atomic E-state index is 12.1. The van der Waals surface area contributed by atoms with E-state index in [-0.39, 0.29) is 50.6 Å². The van der Waals surface area contributed by atoms with E-state index in [9.17, 15) is 22.8 Å². The smallest absolute Gasteiger partial charge is 0.372 e. The Bertz CT molecular complexity index is 648. The molecule has 1 aromatic rings. The van der Waals surface area contributed by atoms with Crippen LogP contribution in [0.2, 0.25) is 0 Å². The number of carbonyl (C=O) groups is 2. The van der Waals surface area contributed by atoms with E-state index < -0.39 is 18.7 Å². The lowest BCUT2D eigenvalue weighted by Gasteiger charge is -2.23. The monoisotopic (exact) mass is 371 g/mol. The van der Waals surface area contributed by atoms with Gasteiger partial charge in [-0.3, -0.25) is 9.59 Å². The van der Waals surface area contributed by atoms with Crippen molar-refractivity contribution in [2.75, 3.05) is 19.8 Å². The van der Waals surface area contributed by atoms with Gasteiger partial charge in [0, 0.05) is 26.0 Å². The number of nitrogens with one attached hydrogen (secondary N) is 1. The highest BCUT2D eigenvalue weighted by Crippen LogP contribution is 2.15. The molecule has 1 aliphatic heterocycles. The van der Waals surface area contributed by atoms with Gasteiger partial charge in [0.25, 0.3) is 5.91 Å². The maximum Gasteiger partial charge on any atom is 0.411 e. The number of halogens is 3. The van der Waals surface area contributed by atoms with Gasteiger partial charge in [-0.1, -0.05) is 30.3 Å². The van der Waals surface area contributed by atoms with Gasteiger partial charge < -0.3 is 10.1 Å². The van der Waals surface area contributed by atoms with E-state index in [2.05, 4.69) is 15.2 Å². The molecule has 6 nitrogen and oxygen atoms in total. The SMILES string of the molecule is O=C(NCCCOCC(F)(F)F)C1=NN(Cc2ccccc2)C(=O)CC1. The third-order valence-electron chi connectivity index (χ3n) is 3.56. The van der Waals surface area contributed by atoms with Crippen LogP contribution in [0.15, 0.2) is 35.4 Å². The minimum atomic E-state index is -4.35. The summed E-state index contributed by atoms with van der Waals surface area (Å²) in [6.45, 7) is -0.959. The molecule has 2 rings (SSSR count). The summed E-state index contributed by atoms with van der Waals surface area (Å²) in [4.78, 5) is 24.1. The molecular weight excluding hydrogens is 351 g/mol. The fourth-order valence-electron chi connectivity index (χ4n) is 2.31. The highest BCUT2D eigenvalue weighted by Gasteiger charge is 2.27. The highest BCUT2D eigenvalue weighted by atomic mass is 19.4. The van der Waals surface area contributed by atoms with Gasteiger partial charge in [-0.25, -0.2) is 5.01 Å². The molecule has 0 radical (unpaired) electrons. The third kappa shape index (κ3) is 6.83. The Hall–Kier alpha value is -2.42. The fraction of sp³-hybridized carbons (Fsp3) is 0.471. The number of nitrogens with zero attached hydrogens (tertiary/aromatic N) is 2. The van der Waals surface area contributed by atoms with Crippen LogP contribution in [0.5, 0.6) is 0 Å². The Morgan fingerprint density at radius 3 is 2.65 bits per heavy atom. The average Bonchev–Trinajstić information content (AvgIpc) is 2.59.